The summed E-state index contributed by atoms with van der Waals surface area (Å²) in [6.45, 7) is 1.83. The molecule has 204 valence electrons. The molecule has 4 rings (SSSR count). The molecule has 1 N–H and O–H groups in total. The summed E-state index contributed by atoms with van der Waals surface area (Å²) in [5.74, 6) is -5.93. The lowest BCUT2D eigenvalue weighted by Gasteiger charge is -2.57. The van der Waals surface area contributed by atoms with E-state index in [1.54, 1.807) is 55.5 Å². The van der Waals surface area contributed by atoms with E-state index in [1.165, 1.54) is 21.3 Å². The molecule has 0 spiro atoms. The highest BCUT2D eigenvalue weighted by molar-refractivity contribution is 5.24. The van der Waals surface area contributed by atoms with E-state index < -0.39 is 24.1 Å². The van der Waals surface area contributed by atoms with E-state index in [9.17, 15) is 5.11 Å². The number of hydroxylamine groups is 2. The SMILES string of the molecule is CCOC1(OC)OC(OC)(Oc2ccccc2)C(OC)(Oc2ccccc2)N(OCc2ccccc2)C1O. The Morgan fingerprint density at radius 3 is 1.82 bits per heavy atom. The quantitative estimate of drug-likeness (QED) is 0.350. The third kappa shape index (κ3) is 5.26. The zero-order chi connectivity index (χ0) is 27.1. The fraction of sp³-hybridized carbons (Fsp3) is 0.357. The Labute approximate surface area is 222 Å². The molecule has 3 aromatic carbocycles. The van der Waals surface area contributed by atoms with Gasteiger partial charge in [0.05, 0.1) is 6.61 Å². The van der Waals surface area contributed by atoms with Crippen LogP contribution in [0.2, 0.25) is 0 Å². The molecule has 1 aliphatic rings. The average molecular weight is 528 g/mol. The minimum Gasteiger partial charge on any atom is -0.440 e. The average Bonchev–Trinajstić information content (AvgIpc) is 2.96. The number of ether oxygens (including phenoxy) is 7. The molecule has 10 nitrogen and oxygen atoms in total. The Morgan fingerprint density at radius 1 is 0.763 bits per heavy atom. The molecule has 4 unspecified atom stereocenters. The number of hydrogen-bond donors (Lipinski definition) is 1. The van der Waals surface area contributed by atoms with Gasteiger partial charge in [-0.1, -0.05) is 71.8 Å². The normalized spacial score (nSPS) is 27.7. The topological polar surface area (TPSA) is 97.3 Å². The molecule has 1 fully saturated rings. The number of aliphatic hydroxyl groups is 1. The van der Waals surface area contributed by atoms with Gasteiger partial charge in [-0.3, -0.25) is 4.84 Å². The summed E-state index contributed by atoms with van der Waals surface area (Å²) in [5.41, 5.74) is 0.808. The van der Waals surface area contributed by atoms with Gasteiger partial charge in [-0.15, -0.1) is 0 Å². The molecule has 1 aliphatic heterocycles. The summed E-state index contributed by atoms with van der Waals surface area (Å²) < 4.78 is 42.3. The Hall–Kier alpha value is -3.06. The molecule has 1 saturated heterocycles. The molecular formula is C28H33NO9. The van der Waals surface area contributed by atoms with Crippen LogP contribution in [0.25, 0.3) is 0 Å². The van der Waals surface area contributed by atoms with E-state index in [0.717, 1.165) is 10.6 Å². The molecular weight excluding hydrogens is 494 g/mol. The predicted octanol–water partition coefficient (Wildman–Crippen LogP) is 3.86. The number of methoxy groups -OCH3 is 3. The van der Waals surface area contributed by atoms with Gasteiger partial charge in [0, 0.05) is 27.9 Å². The van der Waals surface area contributed by atoms with Crippen LogP contribution in [0.3, 0.4) is 0 Å². The van der Waals surface area contributed by atoms with Crippen LogP contribution in [-0.2, 0) is 35.1 Å². The van der Waals surface area contributed by atoms with Crippen LogP contribution >= 0.6 is 0 Å². The molecule has 0 amide bonds. The number of aliphatic hydroxyl groups excluding tert-OH is 1. The van der Waals surface area contributed by atoms with Crippen LogP contribution in [0, 0.1) is 0 Å². The summed E-state index contributed by atoms with van der Waals surface area (Å²) in [5, 5.41) is 12.7. The molecule has 3 aromatic rings. The van der Waals surface area contributed by atoms with Crippen molar-refractivity contribution in [3.8, 4) is 11.5 Å². The number of nitrogens with zero attached hydrogens (tertiary/aromatic N) is 1. The van der Waals surface area contributed by atoms with E-state index in [1.807, 2.05) is 42.5 Å². The van der Waals surface area contributed by atoms with Crippen LogP contribution in [0.1, 0.15) is 12.5 Å². The third-order valence-corrected chi connectivity index (χ3v) is 5.88. The van der Waals surface area contributed by atoms with Crippen molar-refractivity contribution in [1.82, 2.24) is 5.06 Å². The van der Waals surface area contributed by atoms with Crippen molar-refractivity contribution < 1.29 is 43.1 Å². The fourth-order valence-corrected chi connectivity index (χ4v) is 4.08. The van der Waals surface area contributed by atoms with Crippen LogP contribution in [0.4, 0.5) is 0 Å². The van der Waals surface area contributed by atoms with Gasteiger partial charge in [-0.05, 0) is 36.8 Å². The van der Waals surface area contributed by atoms with Gasteiger partial charge < -0.3 is 33.5 Å². The van der Waals surface area contributed by atoms with Crippen molar-refractivity contribution in [1.29, 1.82) is 0 Å². The standard InChI is InChI=1S/C28H33NO9/c1-5-34-26(31-2)25(30)29(35-21-22-15-9-6-10-16-22)27(32-3,36-23-17-11-7-12-18-23)28(33-4,38-26)37-24-19-13-8-14-20-24/h6-20,25,30H,5,21H2,1-4H3. The maximum atomic E-state index is 11.7. The highest BCUT2D eigenvalue weighted by Crippen LogP contribution is 2.48. The first-order chi connectivity index (χ1) is 18.5. The Balaban J connectivity index is 1.90. The monoisotopic (exact) mass is 527 g/mol. The largest absolute Gasteiger partial charge is 0.440 e. The minimum atomic E-state index is -2.28. The summed E-state index contributed by atoms with van der Waals surface area (Å²) >= 11 is 0. The highest BCUT2D eigenvalue weighted by atomic mass is 17.0. The minimum absolute atomic E-state index is 0.0121. The lowest BCUT2D eigenvalue weighted by Crippen LogP contribution is -2.83. The van der Waals surface area contributed by atoms with E-state index in [0.29, 0.717) is 11.5 Å². The second-order valence-corrected chi connectivity index (χ2v) is 8.18. The molecule has 0 aromatic heterocycles. The van der Waals surface area contributed by atoms with Crippen LogP contribution in [-0.4, -0.2) is 62.2 Å². The predicted molar refractivity (Wildman–Crippen MR) is 135 cm³/mol. The number of para-hydroxylation sites is 2. The van der Waals surface area contributed by atoms with Gasteiger partial charge >= 0.3 is 17.9 Å². The molecule has 38 heavy (non-hydrogen) atoms. The van der Waals surface area contributed by atoms with Crippen molar-refractivity contribution in [2.24, 2.45) is 0 Å². The summed E-state index contributed by atoms with van der Waals surface area (Å²) in [7, 11) is 4.00. The number of hydrogen-bond acceptors (Lipinski definition) is 10. The first kappa shape index (κ1) is 28.0. The summed E-state index contributed by atoms with van der Waals surface area (Å²) in [6.07, 6.45) is -1.75. The van der Waals surface area contributed by atoms with Gasteiger partial charge in [-0.25, -0.2) is 4.74 Å². The molecule has 10 heteroatoms. The zero-order valence-corrected chi connectivity index (χ0v) is 21.8. The zero-order valence-electron chi connectivity index (χ0n) is 21.8. The Morgan fingerprint density at radius 2 is 1.32 bits per heavy atom. The van der Waals surface area contributed by atoms with E-state index in [4.69, 9.17) is 38.0 Å². The van der Waals surface area contributed by atoms with Crippen LogP contribution in [0.15, 0.2) is 91.0 Å². The summed E-state index contributed by atoms with van der Waals surface area (Å²) in [6, 6.07) is 26.9. The van der Waals surface area contributed by atoms with Crippen LogP contribution < -0.4 is 9.47 Å². The Kier molecular flexibility index (Phi) is 8.98. The van der Waals surface area contributed by atoms with Gasteiger partial charge in [0.2, 0.25) is 6.23 Å². The second kappa shape index (κ2) is 12.2. The van der Waals surface area contributed by atoms with Crippen molar-refractivity contribution in [3.63, 3.8) is 0 Å². The lowest BCUT2D eigenvalue weighted by molar-refractivity contribution is -0.641. The first-order valence-electron chi connectivity index (χ1n) is 12.1. The molecule has 1 heterocycles. The second-order valence-electron chi connectivity index (χ2n) is 8.18. The van der Waals surface area contributed by atoms with E-state index in [2.05, 4.69) is 0 Å². The van der Waals surface area contributed by atoms with Crippen LogP contribution in [0.5, 0.6) is 11.5 Å². The third-order valence-electron chi connectivity index (χ3n) is 5.88. The molecule has 0 saturated carbocycles. The van der Waals surface area contributed by atoms with Crippen molar-refractivity contribution in [2.45, 2.75) is 37.6 Å². The van der Waals surface area contributed by atoms with Gasteiger partial charge in [0.1, 0.15) is 11.5 Å². The van der Waals surface area contributed by atoms with E-state index in [-0.39, 0.29) is 13.2 Å². The summed E-state index contributed by atoms with van der Waals surface area (Å²) in [4.78, 5) is 6.19. The van der Waals surface area contributed by atoms with Crippen molar-refractivity contribution in [2.75, 3.05) is 27.9 Å². The lowest BCUT2D eigenvalue weighted by atomic mass is 10.2. The molecule has 0 bridgehead atoms. The first-order valence-corrected chi connectivity index (χ1v) is 12.1. The number of rotatable bonds is 12. The van der Waals surface area contributed by atoms with Gasteiger partial charge in [0.25, 0.3) is 0 Å². The van der Waals surface area contributed by atoms with E-state index >= 15 is 0 Å². The van der Waals surface area contributed by atoms with Crippen molar-refractivity contribution in [3.05, 3.63) is 96.6 Å². The maximum absolute atomic E-state index is 11.7. The smallest absolute Gasteiger partial charge is 0.420 e. The van der Waals surface area contributed by atoms with Gasteiger partial charge in [0.15, 0.2) is 0 Å². The number of benzene rings is 3. The van der Waals surface area contributed by atoms with Gasteiger partial charge in [-0.2, -0.15) is 0 Å². The Bertz CT molecular complexity index is 1120. The molecule has 4 atom stereocenters. The fourth-order valence-electron chi connectivity index (χ4n) is 4.08. The molecule has 0 aliphatic carbocycles. The highest BCUT2D eigenvalue weighted by Gasteiger charge is 2.77. The number of morpholine rings is 1. The molecule has 0 radical (unpaired) electrons. The maximum Gasteiger partial charge on any atom is 0.420 e. The van der Waals surface area contributed by atoms with Crippen molar-refractivity contribution >= 4 is 0 Å².